The molecule has 1 fully saturated rings. The average Bonchev–Trinajstić information content (AvgIpc) is 2.54. The Bertz CT molecular complexity index is 357. The maximum absolute atomic E-state index is 11.9. The number of likely N-dealkylation sites (tertiary alicyclic amines) is 1. The summed E-state index contributed by atoms with van der Waals surface area (Å²) in [4.78, 5) is 14.1. The molecule has 1 saturated heterocycles. The Morgan fingerprint density at radius 1 is 1.53 bits per heavy atom. The van der Waals surface area contributed by atoms with Gasteiger partial charge < -0.3 is 10.1 Å². The number of alkyl carbamates (subject to hydrolysis) is 1. The van der Waals surface area contributed by atoms with Crippen LogP contribution in [0.1, 0.15) is 33.6 Å². The first-order chi connectivity index (χ1) is 7.81. The van der Waals surface area contributed by atoms with Gasteiger partial charge in [0.05, 0.1) is 5.54 Å². The third-order valence-electron chi connectivity index (χ3n) is 3.30. The number of nitrogens with zero attached hydrogens (tertiary/aromatic N) is 1. The number of fused-ring (bicyclic) bond motifs is 1. The number of hydrogen-bond acceptors (Lipinski definition) is 3. The highest BCUT2D eigenvalue weighted by atomic mass is 16.6. The lowest BCUT2D eigenvalue weighted by Gasteiger charge is -2.30. The van der Waals surface area contributed by atoms with Gasteiger partial charge in [0.2, 0.25) is 0 Å². The number of rotatable bonds is 1. The molecular formula is C13H22N2O2. The summed E-state index contributed by atoms with van der Waals surface area (Å²) >= 11 is 0. The number of likely N-dealkylation sites (N-methyl/N-ethyl adjacent to an activating group) is 1. The summed E-state index contributed by atoms with van der Waals surface area (Å²) in [5.41, 5.74) is 0.732. The molecule has 17 heavy (non-hydrogen) atoms. The van der Waals surface area contributed by atoms with Crippen LogP contribution in [0.25, 0.3) is 0 Å². The van der Waals surface area contributed by atoms with E-state index in [-0.39, 0.29) is 11.6 Å². The van der Waals surface area contributed by atoms with E-state index in [1.165, 1.54) is 5.57 Å². The smallest absolute Gasteiger partial charge is 0.408 e. The molecule has 0 aromatic heterocycles. The minimum absolute atomic E-state index is 0.170. The van der Waals surface area contributed by atoms with E-state index >= 15 is 0 Å². The summed E-state index contributed by atoms with van der Waals surface area (Å²) in [6.07, 6.45) is 3.99. The van der Waals surface area contributed by atoms with E-state index in [0.717, 1.165) is 25.9 Å². The molecule has 4 nitrogen and oxygen atoms in total. The number of allylic oxidation sites excluding steroid dienone is 1. The number of carbonyl (C=O) groups is 1. The standard InChI is InChI=1S/C13H22N2O2/c1-12(2,3)17-11(16)14-13-7-5-6-10(13)8-15(4)9-13/h6H,5,7-9H2,1-4H3,(H,14,16). The van der Waals surface area contributed by atoms with Gasteiger partial charge in [-0.3, -0.25) is 4.90 Å². The molecule has 4 heteroatoms. The van der Waals surface area contributed by atoms with Crippen molar-refractivity contribution in [2.75, 3.05) is 20.1 Å². The van der Waals surface area contributed by atoms with Gasteiger partial charge in [0.15, 0.2) is 0 Å². The van der Waals surface area contributed by atoms with Crippen molar-refractivity contribution >= 4 is 6.09 Å². The first-order valence-corrected chi connectivity index (χ1v) is 6.20. The number of carbonyl (C=O) groups excluding carboxylic acids is 1. The topological polar surface area (TPSA) is 41.6 Å². The van der Waals surface area contributed by atoms with Crippen LogP contribution in [-0.4, -0.2) is 42.3 Å². The van der Waals surface area contributed by atoms with E-state index < -0.39 is 5.60 Å². The molecule has 2 aliphatic rings. The minimum atomic E-state index is -0.437. The summed E-state index contributed by atoms with van der Waals surface area (Å²) in [5, 5.41) is 3.07. The Labute approximate surface area is 103 Å². The van der Waals surface area contributed by atoms with Crippen LogP contribution in [0.3, 0.4) is 0 Å². The average molecular weight is 238 g/mol. The molecular weight excluding hydrogens is 216 g/mol. The summed E-state index contributed by atoms with van der Waals surface area (Å²) in [6, 6.07) is 0. The molecule has 0 radical (unpaired) electrons. The molecule has 0 aromatic rings. The van der Waals surface area contributed by atoms with Crippen molar-refractivity contribution in [3.63, 3.8) is 0 Å². The van der Waals surface area contributed by atoms with Gasteiger partial charge in [-0.1, -0.05) is 6.08 Å². The molecule has 0 saturated carbocycles. The Morgan fingerprint density at radius 3 is 2.88 bits per heavy atom. The van der Waals surface area contributed by atoms with Gasteiger partial charge >= 0.3 is 6.09 Å². The fraction of sp³-hybridized carbons (Fsp3) is 0.769. The van der Waals surface area contributed by atoms with Crippen molar-refractivity contribution < 1.29 is 9.53 Å². The van der Waals surface area contributed by atoms with Crippen LogP contribution in [0.5, 0.6) is 0 Å². The van der Waals surface area contributed by atoms with Crippen LogP contribution in [0.4, 0.5) is 4.79 Å². The van der Waals surface area contributed by atoms with Gasteiger partial charge in [0, 0.05) is 13.1 Å². The van der Waals surface area contributed by atoms with Crippen LogP contribution in [0, 0.1) is 0 Å². The lowest BCUT2D eigenvalue weighted by Crippen LogP contribution is -2.51. The van der Waals surface area contributed by atoms with Gasteiger partial charge in [-0.15, -0.1) is 0 Å². The second kappa shape index (κ2) is 4.02. The highest BCUT2D eigenvalue weighted by Crippen LogP contribution is 2.36. The molecule has 1 aliphatic carbocycles. The zero-order chi connectivity index (χ0) is 12.7. The van der Waals surface area contributed by atoms with Crippen molar-refractivity contribution in [2.24, 2.45) is 0 Å². The van der Waals surface area contributed by atoms with E-state index in [1.807, 2.05) is 20.8 Å². The molecule has 1 aliphatic heterocycles. The lowest BCUT2D eigenvalue weighted by atomic mass is 9.95. The molecule has 96 valence electrons. The first-order valence-electron chi connectivity index (χ1n) is 6.20. The quantitative estimate of drug-likeness (QED) is 0.710. The molecule has 0 aromatic carbocycles. The van der Waals surface area contributed by atoms with E-state index in [0.29, 0.717) is 0 Å². The van der Waals surface area contributed by atoms with Crippen LogP contribution in [-0.2, 0) is 4.74 Å². The highest BCUT2D eigenvalue weighted by Gasteiger charge is 2.45. The summed E-state index contributed by atoms with van der Waals surface area (Å²) in [6.45, 7) is 7.50. The molecule has 0 spiro atoms. The molecule has 1 unspecified atom stereocenters. The van der Waals surface area contributed by atoms with Gasteiger partial charge in [-0.05, 0) is 46.2 Å². The number of amides is 1. The maximum atomic E-state index is 11.9. The van der Waals surface area contributed by atoms with Crippen molar-refractivity contribution in [2.45, 2.75) is 44.8 Å². The third-order valence-corrected chi connectivity index (χ3v) is 3.30. The van der Waals surface area contributed by atoms with Gasteiger partial charge in [-0.2, -0.15) is 0 Å². The van der Waals surface area contributed by atoms with Gasteiger partial charge in [0.25, 0.3) is 0 Å². The normalized spacial score (nSPS) is 28.8. The largest absolute Gasteiger partial charge is 0.444 e. The first kappa shape index (κ1) is 12.4. The van der Waals surface area contributed by atoms with Crippen LogP contribution in [0.15, 0.2) is 11.6 Å². The highest BCUT2D eigenvalue weighted by molar-refractivity contribution is 5.70. The molecule has 2 rings (SSSR count). The van der Waals surface area contributed by atoms with Crippen molar-refractivity contribution in [3.8, 4) is 0 Å². The van der Waals surface area contributed by atoms with Crippen molar-refractivity contribution in [1.82, 2.24) is 10.2 Å². The fourth-order valence-electron chi connectivity index (χ4n) is 2.73. The zero-order valence-electron chi connectivity index (χ0n) is 11.2. The summed E-state index contributed by atoms with van der Waals surface area (Å²) in [5.74, 6) is 0. The summed E-state index contributed by atoms with van der Waals surface area (Å²) in [7, 11) is 2.08. The SMILES string of the molecule is CN1CC2=CCCC2(NC(=O)OC(C)(C)C)C1. The number of ether oxygens (including phenoxy) is 1. The second-order valence-corrected chi connectivity index (χ2v) is 6.15. The Kier molecular flexibility index (Phi) is 2.94. The molecule has 1 amide bonds. The monoisotopic (exact) mass is 238 g/mol. The van der Waals surface area contributed by atoms with E-state index in [1.54, 1.807) is 0 Å². The zero-order valence-corrected chi connectivity index (χ0v) is 11.2. The van der Waals surface area contributed by atoms with Crippen molar-refractivity contribution in [3.05, 3.63) is 11.6 Å². The molecule has 1 heterocycles. The maximum Gasteiger partial charge on any atom is 0.408 e. The predicted molar refractivity (Wildman–Crippen MR) is 66.9 cm³/mol. The van der Waals surface area contributed by atoms with E-state index in [2.05, 4.69) is 23.3 Å². The predicted octanol–water partition coefficient (Wildman–Crippen LogP) is 1.92. The van der Waals surface area contributed by atoms with Gasteiger partial charge in [-0.25, -0.2) is 4.79 Å². The molecule has 1 N–H and O–H groups in total. The van der Waals surface area contributed by atoms with Crippen LogP contribution >= 0.6 is 0 Å². The Morgan fingerprint density at radius 2 is 2.24 bits per heavy atom. The third kappa shape index (κ3) is 2.63. The molecule has 0 bridgehead atoms. The fourth-order valence-corrected chi connectivity index (χ4v) is 2.73. The number of nitrogens with one attached hydrogen (secondary N) is 1. The van der Waals surface area contributed by atoms with E-state index in [9.17, 15) is 4.79 Å². The minimum Gasteiger partial charge on any atom is -0.444 e. The Balaban J connectivity index is 2.03. The van der Waals surface area contributed by atoms with Gasteiger partial charge in [0.1, 0.15) is 5.60 Å². The second-order valence-electron chi connectivity index (χ2n) is 6.15. The number of hydrogen-bond donors (Lipinski definition) is 1. The van der Waals surface area contributed by atoms with Crippen LogP contribution in [0.2, 0.25) is 0 Å². The van der Waals surface area contributed by atoms with Crippen LogP contribution < -0.4 is 5.32 Å². The lowest BCUT2D eigenvalue weighted by molar-refractivity contribution is 0.0473. The summed E-state index contributed by atoms with van der Waals surface area (Å²) < 4.78 is 5.34. The Hall–Kier alpha value is -1.03. The molecule has 1 atom stereocenters. The van der Waals surface area contributed by atoms with E-state index in [4.69, 9.17) is 4.74 Å². The van der Waals surface area contributed by atoms with Crippen molar-refractivity contribution in [1.29, 1.82) is 0 Å².